The van der Waals surface area contributed by atoms with Crippen LogP contribution in [0.2, 0.25) is 0 Å². The molecule has 1 amide bonds. The minimum Gasteiger partial charge on any atom is -0.465 e. The molecule has 0 saturated heterocycles. The molecular formula is C16H17N3O5S2. The van der Waals surface area contributed by atoms with Gasteiger partial charge in [0, 0.05) is 24.8 Å². The first-order chi connectivity index (χ1) is 12.3. The van der Waals surface area contributed by atoms with Crippen molar-refractivity contribution in [2.45, 2.75) is 24.8 Å². The molecule has 0 bridgehead atoms. The van der Waals surface area contributed by atoms with Crippen LogP contribution in [0, 0.1) is 0 Å². The number of anilines is 1. The first-order valence-electron chi connectivity index (χ1n) is 7.76. The van der Waals surface area contributed by atoms with Crippen molar-refractivity contribution < 1.29 is 22.7 Å². The van der Waals surface area contributed by atoms with E-state index in [9.17, 15) is 18.0 Å². The number of nitrogens with zero attached hydrogens (tertiary/aromatic N) is 2. The second kappa shape index (κ2) is 7.14. The zero-order chi connectivity index (χ0) is 18.9. The van der Waals surface area contributed by atoms with Crippen LogP contribution in [-0.2, 0) is 32.5 Å². The Hall–Kier alpha value is -2.30. The Morgan fingerprint density at radius 3 is 2.58 bits per heavy atom. The predicted molar refractivity (Wildman–Crippen MR) is 95.5 cm³/mol. The molecule has 2 aromatic rings. The van der Waals surface area contributed by atoms with Gasteiger partial charge in [0.25, 0.3) is 0 Å². The smallest absolute Gasteiger partial charge is 0.337 e. The average Bonchev–Trinajstić information content (AvgIpc) is 3.01. The largest absolute Gasteiger partial charge is 0.465 e. The second-order valence-corrected chi connectivity index (χ2v) is 8.70. The quantitative estimate of drug-likeness (QED) is 0.789. The summed E-state index contributed by atoms with van der Waals surface area (Å²) in [6, 6.07) is 5.64. The lowest BCUT2D eigenvalue weighted by atomic mass is 10.2. The molecule has 2 heterocycles. The van der Waals surface area contributed by atoms with Gasteiger partial charge in [-0.25, -0.2) is 18.2 Å². The van der Waals surface area contributed by atoms with Crippen molar-refractivity contribution in [1.29, 1.82) is 0 Å². The summed E-state index contributed by atoms with van der Waals surface area (Å²) in [4.78, 5) is 27.9. The van der Waals surface area contributed by atoms with E-state index in [-0.39, 0.29) is 22.9 Å². The van der Waals surface area contributed by atoms with Crippen LogP contribution in [0.25, 0.3) is 0 Å². The molecule has 0 spiro atoms. The number of fused-ring (bicyclic) bond motifs is 1. The van der Waals surface area contributed by atoms with E-state index < -0.39 is 16.0 Å². The summed E-state index contributed by atoms with van der Waals surface area (Å²) in [5.41, 5.74) is 1.10. The van der Waals surface area contributed by atoms with Crippen molar-refractivity contribution in [3.63, 3.8) is 0 Å². The number of rotatable bonds is 4. The predicted octanol–water partition coefficient (Wildman–Crippen LogP) is 1.64. The van der Waals surface area contributed by atoms with Crippen LogP contribution < -0.4 is 5.32 Å². The van der Waals surface area contributed by atoms with Crippen molar-refractivity contribution >= 4 is 38.4 Å². The summed E-state index contributed by atoms with van der Waals surface area (Å²) < 4.78 is 31.7. The van der Waals surface area contributed by atoms with Crippen molar-refractivity contribution in [2.75, 3.05) is 19.0 Å². The van der Waals surface area contributed by atoms with Gasteiger partial charge < -0.3 is 10.1 Å². The lowest BCUT2D eigenvalue weighted by Gasteiger charge is -2.25. The fraction of sp³-hybridized carbons (Fsp3) is 0.312. The van der Waals surface area contributed by atoms with Gasteiger partial charge in [-0.2, -0.15) is 4.31 Å². The first kappa shape index (κ1) is 18.5. The van der Waals surface area contributed by atoms with Crippen LogP contribution in [-0.4, -0.2) is 43.2 Å². The molecule has 1 N–H and O–H groups in total. The van der Waals surface area contributed by atoms with Crippen LogP contribution in [0.1, 0.15) is 27.9 Å². The topological polar surface area (TPSA) is 106 Å². The Labute approximate surface area is 154 Å². The number of hydrogen-bond donors (Lipinski definition) is 1. The molecule has 3 rings (SSSR count). The van der Waals surface area contributed by atoms with E-state index in [1.54, 1.807) is 0 Å². The number of methoxy groups -OCH3 is 1. The molecule has 138 valence electrons. The fourth-order valence-electron chi connectivity index (χ4n) is 2.61. The maximum Gasteiger partial charge on any atom is 0.337 e. The number of amides is 1. The van der Waals surface area contributed by atoms with Gasteiger partial charge in [0.2, 0.25) is 15.9 Å². The third-order valence-corrected chi connectivity index (χ3v) is 6.75. The standard InChI is InChI=1S/C16H17N3O5S2/c1-10(20)17-16-18-13-7-8-19(9-14(13)25-16)26(22,23)12-5-3-11(4-6-12)15(21)24-2/h3-6H,7-9H2,1-2H3,(H,17,18,20). The number of hydrogen-bond acceptors (Lipinski definition) is 7. The van der Waals surface area contributed by atoms with Gasteiger partial charge in [-0.15, -0.1) is 11.3 Å². The molecule has 0 saturated carbocycles. The summed E-state index contributed by atoms with van der Waals surface area (Å²) in [5, 5.41) is 3.10. The number of sulfonamides is 1. The molecule has 0 aliphatic carbocycles. The Balaban J connectivity index is 1.81. The summed E-state index contributed by atoms with van der Waals surface area (Å²) in [5.74, 6) is -0.738. The van der Waals surface area contributed by atoms with Gasteiger partial charge in [-0.1, -0.05) is 0 Å². The van der Waals surface area contributed by atoms with Gasteiger partial charge in [-0.3, -0.25) is 4.79 Å². The highest BCUT2D eigenvalue weighted by Crippen LogP contribution is 2.31. The number of thiazole rings is 1. The average molecular weight is 395 g/mol. The van der Waals surface area contributed by atoms with Gasteiger partial charge >= 0.3 is 5.97 Å². The van der Waals surface area contributed by atoms with Crippen molar-refractivity contribution in [3.8, 4) is 0 Å². The molecule has 26 heavy (non-hydrogen) atoms. The van der Waals surface area contributed by atoms with Crippen molar-refractivity contribution in [3.05, 3.63) is 40.4 Å². The molecule has 1 aromatic heterocycles. The molecule has 1 aliphatic heterocycles. The summed E-state index contributed by atoms with van der Waals surface area (Å²) in [7, 11) is -2.43. The van der Waals surface area contributed by atoms with E-state index >= 15 is 0 Å². The lowest BCUT2D eigenvalue weighted by Crippen LogP contribution is -2.35. The van der Waals surface area contributed by atoms with E-state index in [2.05, 4.69) is 15.0 Å². The highest BCUT2D eigenvalue weighted by atomic mass is 32.2. The van der Waals surface area contributed by atoms with E-state index in [0.717, 1.165) is 10.6 Å². The maximum atomic E-state index is 12.9. The van der Waals surface area contributed by atoms with Crippen molar-refractivity contribution in [2.24, 2.45) is 0 Å². The first-order valence-corrected chi connectivity index (χ1v) is 10.0. The van der Waals surface area contributed by atoms with E-state index in [1.165, 1.54) is 53.9 Å². The maximum absolute atomic E-state index is 12.9. The number of esters is 1. The molecule has 0 radical (unpaired) electrons. The molecule has 0 unspecified atom stereocenters. The molecule has 10 heteroatoms. The number of ether oxygens (including phenoxy) is 1. The van der Waals surface area contributed by atoms with Gasteiger partial charge in [0.15, 0.2) is 5.13 Å². The molecule has 0 atom stereocenters. The number of benzene rings is 1. The Kier molecular flexibility index (Phi) is 5.08. The van der Waals surface area contributed by atoms with E-state index in [0.29, 0.717) is 18.1 Å². The molecular weight excluding hydrogens is 378 g/mol. The molecule has 0 fully saturated rings. The van der Waals surface area contributed by atoms with Crippen LogP contribution in [0.4, 0.5) is 5.13 Å². The Bertz CT molecular complexity index is 951. The number of carbonyl (C=O) groups is 2. The third-order valence-electron chi connectivity index (χ3n) is 3.89. The fourth-order valence-corrected chi connectivity index (χ4v) is 5.17. The zero-order valence-corrected chi connectivity index (χ0v) is 15.8. The lowest BCUT2D eigenvalue weighted by molar-refractivity contribution is -0.114. The van der Waals surface area contributed by atoms with Gasteiger partial charge in [-0.05, 0) is 24.3 Å². The minimum atomic E-state index is -3.69. The highest BCUT2D eigenvalue weighted by molar-refractivity contribution is 7.89. The van der Waals surface area contributed by atoms with Crippen molar-refractivity contribution in [1.82, 2.24) is 9.29 Å². The third kappa shape index (κ3) is 3.62. The summed E-state index contributed by atoms with van der Waals surface area (Å²) in [6.45, 7) is 1.90. The number of aromatic nitrogens is 1. The van der Waals surface area contributed by atoms with E-state index in [1.807, 2.05) is 0 Å². The van der Waals surface area contributed by atoms with E-state index in [4.69, 9.17) is 0 Å². The molecule has 1 aliphatic rings. The normalized spacial score (nSPS) is 14.5. The van der Waals surface area contributed by atoms with Crippen LogP contribution >= 0.6 is 11.3 Å². The summed E-state index contributed by atoms with van der Waals surface area (Å²) in [6.07, 6.45) is 0.477. The molecule has 8 nitrogen and oxygen atoms in total. The summed E-state index contributed by atoms with van der Waals surface area (Å²) >= 11 is 1.28. The highest BCUT2D eigenvalue weighted by Gasteiger charge is 2.30. The zero-order valence-electron chi connectivity index (χ0n) is 14.2. The van der Waals surface area contributed by atoms with Gasteiger partial charge in [0.05, 0.1) is 29.8 Å². The molecule has 1 aromatic carbocycles. The monoisotopic (exact) mass is 395 g/mol. The number of nitrogens with one attached hydrogen (secondary N) is 1. The second-order valence-electron chi connectivity index (χ2n) is 5.67. The SMILES string of the molecule is COC(=O)c1ccc(S(=O)(=O)N2CCc3nc(NC(C)=O)sc3C2)cc1. The van der Waals surface area contributed by atoms with Crippen LogP contribution in [0.3, 0.4) is 0 Å². The Morgan fingerprint density at radius 1 is 1.27 bits per heavy atom. The van der Waals surface area contributed by atoms with Gasteiger partial charge in [0.1, 0.15) is 0 Å². The Morgan fingerprint density at radius 2 is 1.96 bits per heavy atom. The number of carbonyl (C=O) groups excluding carboxylic acids is 2. The minimum absolute atomic E-state index is 0.111. The van der Waals surface area contributed by atoms with Crippen LogP contribution in [0.5, 0.6) is 0 Å². The van der Waals surface area contributed by atoms with Crippen LogP contribution in [0.15, 0.2) is 29.2 Å².